The van der Waals surface area contributed by atoms with Gasteiger partial charge < -0.3 is 4.79 Å². The Balaban J connectivity index is 3.15. The second-order valence-corrected chi connectivity index (χ2v) is 12.0. The van der Waals surface area contributed by atoms with E-state index in [4.69, 9.17) is 0 Å². The molecule has 0 heterocycles. The average Bonchev–Trinajstić information content (AvgIpc) is 2.88. The summed E-state index contributed by atoms with van der Waals surface area (Å²) in [6.45, 7) is 3.99. The molecule has 0 N–H and O–H groups in total. The quantitative estimate of drug-likeness (QED) is 0.0826. The molecule has 0 bridgehead atoms. The van der Waals surface area contributed by atoms with Crippen molar-refractivity contribution in [3.8, 4) is 0 Å². The van der Waals surface area contributed by atoms with Gasteiger partial charge >= 0.3 is 0 Å². The first-order valence-electron chi connectivity index (χ1n) is 17.2. The van der Waals surface area contributed by atoms with E-state index in [2.05, 4.69) is 6.92 Å². The molecule has 2 heteroatoms. The van der Waals surface area contributed by atoms with E-state index in [1.165, 1.54) is 161 Å². The highest BCUT2D eigenvalue weighted by Crippen LogP contribution is 2.16. The first kappa shape index (κ1) is 36.3. The summed E-state index contributed by atoms with van der Waals surface area (Å²) in [5.41, 5.74) is 0. The van der Waals surface area contributed by atoms with Crippen LogP contribution in [0.2, 0.25) is 0 Å². The lowest BCUT2D eigenvalue weighted by atomic mass is 10.0. The van der Waals surface area contributed by atoms with Gasteiger partial charge in [0.25, 0.3) is 0 Å². The van der Waals surface area contributed by atoms with Gasteiger partial charge in [-0.3, -0.25) is 4.79 Å². The number of Topliss-reactive ketones (excluding diaryl/α,β-unsaturated/α-hetero) is 2. The number of unbranched alkanes of at least 4 members (excludes halogenated alkanes) is 26. The van der Waals surface area contributed by atoms with Crippen molar-refractivity contribution in [3.05, 3.63) is 0 Å². The van der Waals surface area contributed by atoms with Gasteiger partial charge in [0.1, 0.15) is 11.6 Å². The largest absolute Gasteiger partial charge is 0.300 e. The van der Waals surface area contributed by atoms with E-state index in [0.29, 0.717) is 11.6 Å². The summed E-state index contributed by atoms with van der Waals surface area (Å²) in [6.07, 6.45) is 40.0. The Morgan fingerprint density at radius 1 is 0.324 bits per heavy atom. The Morgan fingerprint density at radius 2 is 0.541 bits per heavy atom. The van der Waals surface area contributed by atoms with E-state index in [9.17, 15) is 9.59 Å². The number of carbonyl (C=O) groups is 2. The van der Waals surface area contributed by atoms with Gasteiger partial charge in [0.15, 0.2) is 0 Å². The van der Waals surface area contributed by atoms with Gasteiger partial charge in [-0.1, -0.05) is 167 Å². The Kier molecular flexibility index (Phi) is 31.0. The summed E-state index contributed by atoms with van der Waals surface area (Å²) in [4.78, 5) is 23.0. The highest BCUT2D eigenvalue weighted by molar-refractivity contribution is 5.78. The molecule has 0 saturated heterocycles. The lowest BCUT2D eigenvalue weighted by molar-refractivity contribution is -0.119. The minimum absolute atomic E-state index is 0.335. The predicted molar refractivity (Wildman–Crippen MR) is 164 cm³/mol. The van der Waals surface area contributed by atoms with Crippen LogP contribution < -0.4 is 0 Å². The molecule has 0 fully saturated rings. The molecule has 0 amide bonds. The van der Waals surface area contributed by atoms with E-state index in [1.807, 2.05) is 0 Å². The lowest BCUT2D eigenvalue weighted by Gasteiger charge is -2.04. The maximum absolute atomic E-state index is 12.1. The molecule has 37 heavy (non-hydrogen) atoms. The van der Waals surface area contributed by atoms with Crippen LogP contribution in [0.25, 0.3) is 0 Å². The fraction of sp³-hybridized carbons (Fsp3) is 0.943. The van der Waals surface area contributed by atoms with E-state index >= 15 is 0 Å². The molecule has 220 valence electrons. The number of hydrogen-bond acceptors (Lipinski definition) is 2. The maximum Gasteiger partial charge on any atom is 0.132 e. The first-order chi connectivity index (χ1) is 18.2. The fourth-order valence-electron chi connectivity index (χ4n) is 5.46. The molecule has 0 aliphatic heterocycles. The zero-order valence-electron chi connectivity index (χ0n) is 25.7. The van der Waals surface area contributed by atoms with Crippen LogP contribution >= 0.6 is 0 Å². The molecule has 0 spiro atoms. The van der Waals surface area contributed by atoms with E-state index in [0.717, 1.165) is 38.5 Å². The van der Waals surface area contributed by atoms with Crippen molar-refractivity contribution in [2.24, 2.45) is 0 Å². The molecule has 0 aromatic rings. The third-order valence-electron chi connectivity index (χ3n) is 8.04. The summed E-state index contributed by atoms with van der Waals surface area (Å²) in [5.74, 6) is 0.845. The number of ketones is 2. The van der Waals surface area contributed by atoms with Crippen LogP contribution in [0.1, 0.15) is 213 Å². The molecule has 0 unspecified atom stereocenters. The van der Waals surface area contributed by atoms with Gasteiger partial charge in [-0.05, 0) is 26.2 Å². The van der Waals surface area contributed by atoms with Gasteiger partial charge in [-0.2, -0.15) is 0 Å². The van der Waals surface area contributed by atoms with Gasteiger partial charge in [0, 0.05) is 19.3 Å². The monoisotopic (exact) mass is 521 g/mol. The van der Waals surface area contributed by atoms with E-state index in [-0.39, 0.29) is 0 Å². The maximum atomic E-state index is 12.1. The van der Waals surface area contributed by atoms with Crippen LogP contribution in [0.5, 0.6) is 0 Å². The smallest absolute Gasteiger partial charge is 0.132 e. The van der Waals surface area contributed by atoms with Crippen molar-refractivity contribution in [2.75, 3.05) is 0 Å². The summed E-state index contributed by atoms with van der Waals surface area (Å²) in [7, 11) is 0. The van der Waals surface area contributed by atoms with Gasteiger partial charge in [-0.25, -0.2) is 0 Å². The average molecular weight is 521 g/mol. The third kappa shape index (κ3) is 33.3. The standard InChI is InChI=1S/C35H68O2/c1-3-4-5-6-7-8-9-10-11-14-17-20-23-26-29-32-35(37)33-30-27-24-21-18-15-12-13-16-19-22-25-28-31-34(2)36/h3-33H2,1-2H3. The summed E-state index contributed by atoms with van der Waals surface area (Å²) in [5, 5.41) is 0. The van der Waals surface area contributed by atoms with Crippen molar-refractivity contribution < 1.29 is 9.59 Å². The van der Waals surface area contributed by atoms with Crippen LogP contribution in [0.4, 0.5) is 0 Å². The van der Waals surface area contributed by atoms with Crippen molar-refractivity contribution in [3.63, 3.8) is 0 Å². The third-order valence-corrected chi connectivity index (χ3v) is 8.04. The van der Waals surface area contributed by atoms with Crippen LogP contribution in [-0.2, 0) is 9.59 Å². The molecule has 2 nitrogen and oxygen atoms in total. The molecule has 0 radical (unpaired) electrons. The van der Waals surface area contributed by atoms with Crippen LogP contribution in [0.15, 0.2) is 0 Å². The molecule has 0 atom stereocenters. The molecular weight excluding hydrogens is 452 g/mol. The molecule has 0 aliphatic carbocycles. The molecule has 0 aliphatic rings. The van der Waals surface area contributed by atoms with Crippen LogP contribution in [-0.4, -0.2) is 11.6 Å². The molecule has 0 rings (SSSR count). The zero-order valence-corrected chi connectivity index (χ0v) is 25.7. The predicted octanol–water partition coefficient (Wildman–Crippen LogP) is 12.3. The molecule has 0 aromatic heterocycles. The minimum Gasteiger partial charge on any atom is -0.300 e. The van der Waals surface area contributed by atoms with Crippen molar-refractivity contribution in [1.82, 2.24) is 0 Å². The van der Waals surface area contributed by atoms with Gasteiger partial charge in [0.2, 0.25) is 0 Å². The van der Waals surface area contributed by atoms with Crippen LogP contribution in [0.3, 0.4) is 0 Å². The van der Waals surface area contributed by atoms with E-state index in [1.54, 1.807) is 6.92 Å². The van der Waals surface area contributed by atoms with Gasteiger partial charge in [-0.15, -0.1) is 0 Å². The zero-order chi connectivity index (χ0) is 27.1. The minimum atomic E-state index is 0.335. The summed E-state index contributed by atoms with van der Waals surface area (Å²) in [6, 6.07) is 0. The Hall–Kier alpha value is -0.660. The Bertz CT molecular complexity index is 470. The lowest BCUT2D eigenvalue weighted by Crippen LogP contribution is -1.97. The number of hydrogen-bond donors (Lipinski definition) is 0. The number of carbonyl (C=O) groups excluding carboxylic acids is 2. The number of rotatable bonds is 32. The SMILES string of the molecule is CCCCCCCCCCCCCCCCCC(=O)CCCCCCCCCCCCCCCC(C)=O. The fourth-order valence-corrected chi connectivity index (χ4v) is 5.46. The second-order valence-electron chi connectivity index (χ2n) is 12.0. The topological polar surface area (TPSA) is 34.1 Å². The van der Waals surface area contributed by atoms with E-state index < -0.39 is 0 Å². The Labute approximate surface area is 233 Å². The molecular formula is C35H68O2. The highest BCUT2D eigenvalue weighted by atomic mass is 16.1. The summed E-state index contributed by atoms with van der Waals surface area (Å²) >= 11 is 0. The molecule has 0 aromatic carbocycles. The van der Waals surface area contributed by atoms with Crippen molar-refractivity contribution >= 4 is 11.6 Å². The first-order valence-corrected chi connectivity index (χ1v) is 17.2. The summed E-state index contributed by atoms with van der Waals surface area (Å²) < 4.78 is 0. The Morgan fingerprint density at radius 3 is 0.784 bits per heavy atom. The van der Waals surface area contributed by atoms with Crippen LogP contribution in [0, 0.1) is 0 Å². The van der Waals surface area contributed by atoms with Crippen molar-refractivity contribution in [1.29, 1.82) is 0 Å². The normalized spacial score (nSPS) is 11.3. The highest BCUT2D eigenvalue weighted by Gasteiger charge is 2.02. The molecule has 0 saturated carbocycles. The second kappa shape index (κ2) is 31.6. The van der Waals surface area contributed by atoms with Gasteiger partial charge in [0.05, 0.1) is 0 Å². The van der Waals surface area contributed by atoms with Crippen molar-refractivity contribution in [2.45, 2.75) is 213 Å².